The van der Waals surface area contributed by atoms with Crippen molar-refractivity contribution in [3.8, 4) is 0 Å². The van der Waals surface area contributed by atoms with Crippen LogP contribution in [0, 0.1) is 25.7 Å². The second-order valence-corrected chi connectivity index (χ2v) is 13.7. The molecule has 3 aromatic rings. The molecule has 8 heteroatoms. The minimum atomic E-state index is -1.27. The Morgan fingerprint density at radius 2 is 1.65 bits per heavy atom. The third-order valence-electron chi connectivity index (χ3n) is 10.9. The molecule has 1 spiro atoms. The van der Waals surface area contributed by atoms with Crippen molar-refractivity contribution in [2.45, 2.75) is 69.9 Å². The minimum Gasteiger partial charge on any atom is -0.394 e. The van der Waals surface area contributed by atoms with Gasteiger partial charge in [0.25, 0.3) is 5.91 Å². The number of hydrogen-bond donors (Lipinski definition) is 1. The molecule has 6 atom stereocenters. The van der Waals surface area contributed by atoms with Crippen molar-refractivity contribution in [2.75, 3.05) is 24.6 Å². The van der Waals surface area contributed by atoms with Crippen LogP contribution >= 0.6 is 0 Å². The SMILES string of the molecule is C=CCN(Cc1ccccc1)C(=O)[C@@H]1[C@H]2C(=O)N([C@H](CO)c3ccccc3)C(C(=O)N(CC=C)c3cc(C)ccc3C)C23CC[C@@]1(CC)O3. The Morgan fingerprint density at radius 3 is 2.29 bits per heavy atom. The van der Waals surface area contributed by atoms with Gasteiger partial charge in [-0.3, -0.25) is 14.4 Å². The Kier molecular flexibility index (Phi) is 9.65. The van der Waals surface area contributed by atoms with Gasteiger partial charge in [0.15, 0.2) is 0 Å². The molecular weight excluding hydrogens is 614 g/mol. The Bertz CT molecular complexity index is 1730. The molecule has 3 saturated heterocycles. The van der Waals surface area contributed by atoms with Crippen molar-refractivity contribution in [3.63, 3.8) is 0 Å². The number of aryl methyl sites for hydroxylation is 2. The topological polar surface area (TPSA) is 90.4 Å². The molecule has 8 nitrogen and oxygen atoms in total. The lowest BCUT2D eigenvalue weighted by Crippen LogP contribution is -2.57. The summed E-state index contributed by atoms with van der Waals surface area (Å²) in [5.41, 5.74) is 2.11. The van der Waals surface area contributed by atoms with Crippen LogP contribution < -0.4 is 4.90 Å². The van der Waals surface area contributed by atoms with Crippen LogP contribution in [0.3, 0.4) is 0 Å². The van der Waals surface area contributed by atoms with E-state index in [1.165, 1.54) is 0 Å². The number of aliphatic hydroxyl groups is 1. The summed E-state index contributed by atoms with van der Waals surface area (Å²) in [6.07, 6.45) is 4.87. The standard InChI is InChI=1S/C41H47N3O5/c1-6-23-42(26-30-15-11-9-12-16-30)37(46)34-35-38(47)44(33(27-45)31-17-13-10-14-18-31)36(41(35)22-21-40(34,8-3)49-41)39(48)43(24-7-2)32-25-28(4)19-20-29(32)5/h6-7,9-20,25,33-36,45H,1-2,8,21-24,26-27H2,3-5H3/t33-,34+,35+,36?,40-,41?/m1/s1. The van der Waals surface area contributed by atoms with E-state index in [4.69, 9.17) is 4.74 Å². The van der Waals surface area contributed by atoms with E-state index in [0.29, 0.717) is 37.9 Å². The monoisotopic (exact) mass is 661 g/mol. The van der Waals surface area contributed by atoms with Gasteiger partial charge in [-0.15, -0.1) is 13.2 Å². The smallest absolute Gasteiger partial charge is 0.253 e. The van der Waals surface area contributed by atoms with E-state index in [-0.39, 0.29) is 24.3 Å². The Hall–Kier alpha value is -4.53. The predicted octanol–water partition coefficient (Wildman–Crippen LogP) is 5.93. The minimum absolute atomic E-state index is 0.184. The summed E-state index contributed by atoms with van der Waals surface area (Å²) < 4.78 is 7.13. The molecule has 6 rings (SSSR count). The van der Waals surface area contributed by atoms with Crippen LogP contribution in [0.1, 0.15) is 54.5 Å². The van der Waals surface area contributed by atoms with Crippen LogP contribution in [-0.4, -0.2) is 69.6 Å². The number of likely N-dealkylation sites (tertiary alicyclic amines) is 1. The summed E-state index contributed by atoms with van der Waals surface area (Å²) in [7, 11) is 0. The summed E-state index contributed by atoms with van der Waals surface area (Å²) in [6, 6.07) is 23.1. The first-order valence-corrected chi connectivity index (χ1v) is 17.3. The second kappa shape index (κ2) is 13.8. The van der Waals surface area contributed by atoms with Crippen LogP contribution in [0.4, 0.5) is 5.69 Å². The fourth-order valence-corrected chi connectivity index (χ4v) is 8.66. The lowest BCUT2D eigenvalue weighted by molar-refractivity contribution is -0.154. The molecule has 49 heavy (non-hydrogen) atoms. The summed E-state index contributed by atoms with van der Waals surface area (Å²) >= 11 is 0. The van der Waals surface area contributed by atoms with Gasteiger partial charge < -0.3 is 24.5 Å². The molecule has 3 aliphatic heterocycles. The number of fused-ring (bicyclic) bond motifs is 1. The molecule has 2 bridgehead atoms. The molecule has 3 fully saturated rings. The van der Waals surface area contributed by atoms with Gasteiger partial charge in [-0.05, 0) is 61.4 Å². The van der Waals surface area contributed by atoms with Crippen molar-refractivity contribution in [1.29, 1.82) is 0 Å². The van der Waals surface area contributed by atoms with Crippen LogP contribution in [-0.2, 0) is 25.7 Å². The van der Waals surface area contributed by atoms with Crippen LogP contribution in [0.2, 0.25) is 0 Å². The molecular formula is C41H47N3O5. The fraction of sp³-hybridized carbons (Fsp3) is 0.390. The molecule has 3 amide bonds. The van der Waals surface area contributed by atoms with Crippen molar-refractivity contribution < 1.29 is 24.2 Å². The first-order chi connectivity index (χ1) is 23.7. The van der Waals surface area contributed by atoms with E-state index in [1.807, 2.05) is 99.6 Å². The highest BCUT2D eigenvalue weighted by molar-refractivity contribution is 6.05. The zero-order valence-electron chi connectivity index (χ0n) is 28.8. The zero-order valence-corrected chi connectivity index (χ0v) is 28.8. The lowest BCUT2D eigenvalue weighted by atomic mass is 9.64. The van der Waals surface area contributed by atoms with Gasteiger partial charge in [0.2, 0.25) is 11.8 Å². The number of ether oxygens (including phenoxy) is 1. The Balaban J connectivity index is 1.50. The van der Waals surface area contributed by atoms with Crippen molar-refractivity contribution >= 4 is 23.4 Å². The Labute approximate surface area is 289 Å². The number of benzene rings is 3. The largest absolute Gasteiger partial charge is 0.394 e. The average Bonchev–Trinajstić information content (AvgIpc) is 3.72. The molecule has 0 radical (unpaired) electrons. The molecule has 0 saturated carbocycles. The quantitative estimate of drug-likeness (QED) is 0.230. The van der Waals surface area contributed by atoms with Crippen LogP contribution in [0.25, 0.3) is 0 Å². The Morgan fingerprint density at radius 1 is 0.980 bits per heavy atom. The zero-order chi connectivity index (χ0) is 34.9. The fourth-order valence-electron chi connectivity index (χ4n) is 8.66. The highest BCUT2D eigenvalue weighted by Gasteiger charge is 2.79. The molecule has 0 aromatic heterocycles. The van der Waals surface area contributed by atoms with E-state index in [0.717, 1.165) is 22.4 Å². The van der Waals surface area contributed by atoms with Gasteiger partial charge in [0, 0.05) is 25.3 Å². The van der Waals surface area contributed by atoms with Gasteiger partial charge in [0.05, 0.1) is 30.1 Å². The first-order valence-electron chi connectivity index (χ1n) is 17.3. The molecule has 2 unspecified atom stereocenters. The number of nitrogens with zero attached hydrogens (tertiary/aromatic N) is 3. The van der Waals surface area contributed by atoms with Gasteiger partial charge in [-0.2, -0.15) is 0 Å². The van der Waals surface area contributed by atoms with Gasteiger partial charge in [-0.25, -0.2) is 0 Å². The van der Waals surface area contributed by atoms with E-state index in [1.54, 1.807) is 26.9 Å². The van der Waals surface area contributed by atoms with Crippen molar-refractivity contribution in [3.05, 3.63) is 126 Å². The molecule has 3 aliphatic rings. The van der Waals surface area contributed by atoms with E-state index in [2.05, 4.69) is 13.2 Å². The number of aliphatic hydroxyl groups excluding tert-OH is 1. The van der Waals surface area contributed by atoms with Crippen LogP contribution in [0.5, 0.6) is 0 Å². The first kappa shape index (κ1) is 34.3. The third kappa shape index (κ3) is 5.71. The maximum Gasteiger partial charge on any atom is 0.253 e. The summed E-state index contributed by atoms with van der Waals surface area (Å²) in [6.45, 7) is 14.3. The molecule has 3 heterocycles. The van der Waals surface area contributed by atoms with E-state index in [9.17, 15) is 9.90 Å². The number of rotatable bonds is 13. The lowest BCUT2D eigenvalue weighted by Gasteiger charge is -2.40. The normalized spacial score (nSPS) is 25.9. The number of carbonyl (C=O) groups excluding carboxylic acids is 3. The predicted molar refractivity (Wildman–Crippen MR) is 190 cm³/mol. The number of amides is 3. The highest BCUT2D eigenvalue weighted by atomic mass is 16.5. The molecule has 1 N–H and O–H groups in total. The summed E-state index contributed by atoms with van der Waals surface area (Å²) in [5.74, 6) is -2.56. The van der Waals surface area contributed by atoms with Gasteiger partial charge in [-0.1, -0.05) is 91.9 Å². The summed E-state index contributed by atoms with van der Waals surface area (Å²) in [5, 5.41) is 11.0. The maximum atomic E-state index is 15.3. The maximum absolute atomic E-state index is 15.3. The second-order valence-electron chi connectivity index (χ2n) is 13.7. The summed E-state index contributed by atoms with van der Waals surface area (Å²) in [4.78, 5) is 50.3. The highest BCUT2D eigenvalue weighted by Crippen LogP contribution is 2.65. The molecule has 3 aromatic carbocycles. The van der Waals surface area contributed by atoms with E-state index < -0.39 is 41.7 Å². The number of carbonyl (C=O) groups is 3. The van der Waals surface area contributed by atoms with Crippen molar-refractivity contribution in [2.24, 2.45) is 11.8 Å². The third-order valence-corrected chi connectivity index (χ3v) is 10.9. The molecule has 0 aliphatic carbocycles. The molecule has 256 valence electrons. The van der Waals surface area contributed by atoms with E-state index >= 15 is 9.59 Å². The van der Waals surface area contributed by atoms with Crippen LogP contribution in [0.15, 0.2) is 104 Å². The number of anilines is 1. The average molecular weight is 662 g/mol. The van der Waals surface area contributed by atoms with Gasteiger partial charge >= 0.3 is 0 Å². The van der Waals surface area contributed by atoms with Crippen molar-refractivity contribution in [1.82, 2.24) is 9.80 Å². The van der Waals surface area contributed by atoms with Gasteiger partial charge in [0.1, 0.15) is 11.6 Å². The number of hydrogen-bond acceptors (Lipinski definition) is 5.